The van der Waals surface area contributed by atoms with Crippen LogP contribution in [0.15, 0.2) is 0 Å². The zero-order valence-corrected chi connectivity index (χ0v) is 11.5. The Kier molecular flexibility index (Phi) is 5.96. The van der Waals surface area contributed by atoms with E-state index in [1.54, 1.807) is 25.8 Å². The lowest BCUT2D eigenvalue weighted by molar-refractivity contribution is -0.131. The van der Waals surface area contributed by atoms with Crippen molar-refractivity contribution in [3.63, 3.8) is 0 Å². The third-order valence-electron chi connectivity index (χ3n) is 2.31. The van der Waals surface area contributed by atoms with Crippen LogP contribution in [0.25, 0.3) is 0 Å². The van der Waals surface area contributed by atoms with Crippen LogP contribution in [-0.4, -0.2) is 56.9 Å². The van der Waals surface area contributed by atoms with Crippen LogP contribution in [0.3, 0.4) is 0 Å². The van der Waals surface area contributed by atoms with Crippen LogP contribution >= 0.6 is 0 Å². The number of amides is 1. The molecule has 0 aliphatic rings. The molecule has 0 radical (unpaired) electrons. The molecule has 0 aromatic carbocycles. The molecule has 5 nitrogen and oxygen atoms in total. The Morgan fingerprint density at radius 3 is 2.25 bits per heavy atom. The fraction of sp³-hybridized carbons (Fsp3) is 0.900. The molecule has 0 bridgehead atoms. The highest BCUT2D eigenvalue weighted by Gasteiger charge is 2.19. The van der Waals surface area contributed by atoms with Crippen molar-refractivity contribution >= 4 is 15.7 Å². The summed E-state index contributed by atoms with van der Waals surface area (Å²) in [5.41, 5.74) is 0. The van der Waals surface area contributed by atoms with E-state index in [2.05, 4.69) is 5.32 Å². The van der Waals surface area contributed by atoms with Crippen molar-refractivity contribution in [1.82, 2.24) is 10.2 Å². The summed E-state index contributed by atoms with van der Waals surface area (Å²) in [7, 11) is -1.28. The molecule has 2 unspecified atom stereocenters. The smallest absolute Gasteiger partial charge is 0.239 e. The number of rotatable bonds is 6. The zero-order chi connectivity index (χ0) is 12.9. The molecule has 16 heavy (non-hydrogen) atoms. The molecule has 0 rings (SSSR count). The van der Waals surface area contributed by atoms with Gasteiger partial charge in [0.05, 0.1) is 11.8 Å². The number of likely N-dealkylation sites (N-methyl/N-ethyl adjacent to an activating group) is 1. The molecule has 2 atom stereocenters. The number of nitrogens with zero attached hydrogens (tertiary/aromatic N) is 1. The molecular formula is C10H22N2O3S. The maximum absolute atomic E-state index is 11.7. The van der Waals surface area contributed by atoms with Crippen molar-refractivity contribution in [2.45, 2.75) is 32.9 Å². The van der Waals surface area contributed by atoms with Crippen LogP contribution in [-0.2, 0) is 14.6 Å². The monoisotopic (exact) mass is 250 g/mol. The highest BCUT2D eigenvalue weighted by Crippen LogP contribution is 1.96. The van der Waals surface area contributed by atoms with E-state index in [0.29, 0.717) is 6.54 Å². The molecule has 0 spiro atoms. The van der Waals surface area contributed by atoms with E-state index in [1.165, 1.54) is 6.26 Å². The summed E-state index contributed by atoms with van der Waals surface area (Å²) in [6, 6.07) is -0.582. The fourth-order valence-corrected chi connectivity index (χ4v) is 2.49. The van der Waals surface area contributed by atoms with Crippen LogP contribution in [0.2, 0.25) is 0 Å². The minimum atomic E-state index is -3.01. The van der Waals surface area contributed by atoms with E-state index >= 15 is 0 Å². The van der Waals surface area contributed by atoms with Crippen molar-refractivity contribution in [2.24, 2.45) is 0 Å². The fourth-order valence-electron chi connectivity index (χ4n) is 1.49. The summed E-state index contributed by atoms with van der Waals surface area (Å²) in [4.78, 5) is 13.3. The number of hydrogen-bond donors (Lipinski definition) is 1. The number of nitrogens with one attached hydrogen (secondary N) is 1. The van der Waals surface area contributed by atoms with Gasteiger partial charge in [-0.15, -0.1) is 0 Å². The Morgan fingerprint density at radius 1 is 1.38 bits per heavy atom. The minimum absolute atomic E-state index is 0.0251. The summed E-state index contributed by atoms with van der Waals surface area (Å²) in [5.74, 6) is 0.0170. The van der Waals surface area contributed by atoms with E-state index in [9.17, 15) is 13.2 Å². The van der Waals surface area contributed by atoms with Gasteiger partial charge in [0.1, 0.15) is 9.84 Å². The van der Waals surface area contributed by atoms with Crippen LogP contribution in [0.4, 0.5) is 0 Å². The SMILES string of the molecule is CCN(C)C(=O)C(C)NC(C)CS(C)(=O)=O. The van der Waals surface area contributed by atoms with Crippen molar-refractivity contribution in [3.05, 3.63) is 0 Å². The first-order chi connectivity index (χ1) is 7.17. The molecule has 0 saturated carbocycles. The summed E-state index contributed by atoms with van der Waals surface area (Å²) >= 11 is 0. The van der Waals surface area contributed by atoms with Gasteiger partial charge in [0.2, 0.25) is 5.91 Å². The van der Waals surface area contributed by atoms with Crippen molar-refractivity contribution in [3.8, 4) is 0 Å². The number of carbonyl (C=O) groups excluding carboxylic acids is 1. The molecule has 0 aliphatic carbocycles. The van der Waals surface area contributed by atoms with Crippen molar-refractivity contribution in [1.29, 1.82) is 0 Å². The van der Waals surface area contributed by atoms with E-state index in [0.717, 1.165) is 0 Å². The van der Waals surface area contributed by atoms with Gasteiger partial charge in [-0.1, -0.05) is 0 Å². The largest absolute Gasteiger partial charge is 0.345 e. The Hall–Kier alpha value is -0.620. The summed E-state index contributed by atoms with van der Waals surface area (Å²) < 4.78 is 22.1. The Labute approximate surface area is 98.1 Å². The molecule has 6 heteroatoms. The van der Waals surface area contributed by atoms with Gasteiger partial charge in [-0.05, 0) is 20.8 Å². The maximum atomic E-state index is 11.7. The first-order valence-corrected chi connectivity index (χ1v) is 7.42. The average molecular weight is 250 g/mol. The van der Waals surface area contributed by atoms with Crippen LogP contribution in [0.1, 0.15) is 20.8 Å². The number of carbonyl (C=O) groups is 1. The minimum Gasteiger partial charge on any atom is -0.345 e. The summed E-state index contributed by atoms with van der Waals surface area (Å²) in [5, 5.41) is 2.98. The van der Waals surface area contributed by atoms with Crippen molar-refractivity contribution in [2.75, 3.05) is 25.6 Å². The normalized spacial score (nSPS) is 15.6. The number of hydrogen-bond acceptors (Lipinski definition) is 4. The molecule has 0 fully saturated rings. The Bertz CT molecular complexity index is 327. The summed E-state index contributed by atoms with van der Waals surface area (Å²) in [6.07, 6.45) is 1.19. The summed E-state index contributed by atoms with van der Waals surface area (Å²) in [6.45, 7) is 6.04. The molecule has 0 aliphatic heterocycles. The first kappa shape index (κ1) is 15.4. The van der Waals surface area contributed by atoms with Gasteiger partial charge in [0, 0.05) is 25.9 Å². The van der Waals surface area contributed by atoms with Gasteiger partial charge < -0.3 is 10.2 Å². The van der Waals surface area contributed by atoms with Crippen LogP contribution in [0, 0.1) is 0 Å². The lowest BCUT2D eigenvalue weighted by Gasteiger charge is -2.23. The van der Waals surface area contributed by atoms with Gasteiger partial charge in [0.25, 0.3) is 0 Å². The third kappa shape index (κ3) is 6.07. The van der Waals surface area contributed by atoms with E-state index in [1.807, 2.05) is 6.92 Å². The molecule has 96 valence electrons. The molecule has 0 heterocycles. The first-order valence-electron chi connectivity index (χ1n) is 5.36. The highest BCUT2D eigenvalue weighted by molar-refractivity contribution is 7.90. The topological polar surface area (TPSA) is 66.5 Å². The van der Waals surface area contributed by atoms with Crippen LogP contribution < -0.4 is 5.32 Å². The molecule has 1 amide bonds. The standard InChI is InChI=1S/C10H22N2O3S/c1-6-12(4)10(13)9(3)11-8(2)7-16(5,14)15/h8-9,11H,6-7H2,1-5H3. The Morgan fingerprint density at radius 2 is 1.88 bits per heavy atom. The van der Waals surface area contributed by atoms with Gasteiger partial charge in [0.15, 0.2) is 0 Å². The second-order valence-electron chi connectivity index (χ2n) is 4.23. The number of sulfone groups is 1. The molecule has 0 aromatic rings. The predicted molar refractivity (Wildman–Crippen MR) is 65.1 cm³/mol. The molecular weight excluding hydrogens is 228 g/mol. The van der Waals surface area contributed by atoms with Gasteiger partial charge in [-0.25, -0.2) is 8.42 Å². The van der Waals surface area contributed by atoms with Gasteiger partial charge in [-0.3, -0.25) is 4.79 Å². The Balaban J connectivity index is 4.24. The van der Waals surface area contributed by atoms with Crippen LogP contribution in [0.5, 0.6) is 0 Å². The maximum Gasteiger partial charge on any atom is 0.239 e. The zero-order valence-electron chi connectivity index (χ0n) is 10.6. The van der Waals surface area contributed by atoms with Gasteiger partial charge in [-0.2, -0.15) is 0 Å². The van der Waals surface area contributed by atoms with E-state index in [-0.39, 0.29) is 23.7 Å². The quantitative estimate of drug-likeness (QED) is 0.713. The third-order valence-corrected chi connectivity index (χ3v) is 3.41. The van der Waals surface area contributed by atoms with E-state index < -0.39 is 9.84 Å². The van der Waals surface area contributed by atoms with Crippen molar-refractivity contribution < 1.29 is 13.2 Å². The highest BCUT2D eigenvalue weighted by atomic mass is 32.2. The predicted octanol–water partition coefficient (Wildman–Crippen LogP) is -0.124. The lowest BCUT2D eigenvalue weighted by Crippen LogP contribution is -2.48. The molecule has 0 aromatic heterocycles. The second-order valence-corrected chi connectivity index (χ2v) is 6.42. The van der Waals surface area contributed by atoms with Gasteiger partial charge >= 0.3 is 0 Å². The molecule has 1 N–H and O–H groups in total. The average Bonchev–Trinajstić information content (AvgIpc) is 2.12. The second kappa shape index (κ2) is 6.20. The van der Waals surface area contributed by atoms with E-state index in [4.69, 9.17) is 0 Å². The lowest BCUT2D eigenvalue weighted by atomic mass is 10.2. The molecule has 0 saturated heterocycles.